The lowest BCUT2D eigenvalue weighted by atomic mass is 10.1. The molecule has 0 aromatic rings. The van der Waals surface area contributed by atoms with Crippen LogP contribution in [0, 0.1) is 0 Å². The highest BCUT2D eigenvalue weighted by atomic mass is 16.3. The molecule has 0 aliphatic carbocycles. The van der Waals surface area contributed by atoms with E-state index in [1.54, 1.807) is 0 Å². The average Bonchev–Trinajstić information content (AvgIpc) is 2.30. The zero-order valence-electron chi connectivity index (χ0n) is 12.0. The minimum atomic E-state index is -0.110. The van der Waals surface area contributed by atoms with E-state index in [9.17, 15) is 0 Å². The van der Waals surface area contributed by atoms with Crippen molar-refractivity contribution < 1.29 is 5.11 Å². The van der Waals surface area contributed by atoms with Gasteiger partial charge in [-0.25, -0.2) is 0 Å². The van der Waals surface area contributed by atoms with Crippen LogP contribution in [0.4, 0.5) is 0 Å². The number of allylic oxidation sites excluding steroid dienone is 2. The van der Waals surface area contributed by atoms with Crippen molar-refractivity contribution in [3.8, 4) is 0 Å². The third kappa shape index (κ3) is 15.7. The normalized spacial score (nSPS) is 13.4. The molecule has 0 heterocycles. The first-order chi connectivity index (χ1) is 8.27. The molecule has 0 aliphatic rings. The van der Waals surface area contributed by atoms with E-state index in [4.69, 9.17) is 5.11 Å². The second-order valence-electron chi connectivity index (χ2n) is 5.16. The Morgan fingerprint density at radius 2 is 1.35 bits per heavy atom. The van der Waals surface area contributed by atoms with Crippen molar-refractivity contribution in [2.24, 2.45) is 0 Å². The highest BCUT2D eigenvalue weighted by Crippen LogP contribution is 2.09. The van der Waals surface area contributed by atoms with Crippen LogP contribution in [0.5, 0.6) is 0 Å². The Hall–Kier alpha value is -0.300. The van der Waals surface area contributed by atoms with Gasteiger partial charge in [0.15, 0.2) is 0 Å². The van der Waals surface area contributed by atoms with E-state index in [0.717, 1.165) is 6.42 Å². The number of rotatable bonds is 12. The van der Waals surface area contributed by atoms with Crippen LogP contribution in [0.1, 0.15) is 84.5 Å². The Balaban J connectivity index is 3.02. The van der Waals surface area contributed by atoms with Crippen molar-refractivity contribution in [2.75, 3.05) is 0 Å². The van der Waals surface area contributed by atoms with Gasteiger partial charge in [0.1, 0.15) is 0 Å². The molecule has 0 bridgehead atoms. The summed E-state index contributed by atoms with van der Waals surface area (Å²) in [7, 11) is 0. The molecule has 1 atom stereocenters. The first-order valence-electron chi connectivity index (χ1n) is 7.60. The van der Waals surface area contributed by atoms with Crippen molar-refractivity contribution in [1.82, 2.24) is 0 Å². The molecular formula is C16H32O. The fraction of sp³-hybridized carbons (Fsp3) is 0.875. The predicted molar refractivity (Wildman–Crippen MR) is 77.3 cm³/mol. The zero-order chi connectivity index (χ0) is 12.8. The Labute approximate surface area is 108 Å². The SMILES string of the molecule is CCCCC/C=C\CCCCCCCC(C)O. The van der Waals surface area contributed by atoms with Crippen LogP contribution < -0.4 is 0 Å². The first kappa shape index (κ1) is 16.7. The van der Waals surface area contributed by atoms with Gasteiger partial charge in [0.05, 0.1) is 6.10 Å². The number of hydrogen-bond donors (Lipinski definition) is 1. The summed E-state index contributed by atoms with van der Waals surface area (Å²) < 4.78 is 0. The summed E-state index contributed by atoms with van der Waals surface area (Å²) in [6.45, 7) is 4.13. The number of aliphatic hydroxyl groups is 1. The molecule has 1 nitrogen and oxygen atoms in total. The van der Waals surface area contributed by atoms with E-state index in [0.29, 0.717) is 0 Å². The van der Waals surface area contributed by atoms with Crippen molar-refractivity contribution in [1.29, 1.82) is 0 Å². The van der Waals surface area contributed by atoms with E-state index in [1.807, 2.05) is 6.92 Å². The summed E-state index contributed by atoms with van der Waals surface area (Å²) in [5.74, 6) is 0. The molecule has 0 amide bonds. The summed E-state index contributed by atoms with van der Waals surface area (Å²) in [5.41, 5.74) is 0. The molecule has 0 rings (SSSR count). The molecule has 0 aromatic carbocycles. The molecule has 0 saturated heterocycles. The molecule has 0 saturated carbocycles. The summed E-state index contributed by atoms with van der Waals surface area (Å²) in [4.78, 5) is 0. The van der Waals surface area contributed by atoms with Gasteiger partial charge in [-0.15, -0.1) is 0 Å². The minimum Gasteiger partial charge on any atom is -0.393 e. The third-order valence-electron chi connectivity index (χ3n) is 3.13. The maximum Gasteiger partial charge on any atom is 0.0512 e. The predicted octanol–water partition coefficient (Wildman–Crippen LogP) is 5.23. The highest BCUT2D eigenvalue weighted by molar-refractivity contribution is 4.81. The number of hydrogen-bond acceptors (Lipinski definition) is 1. The lowest BCUT2D eigenvalue weighted by molar-refractivity contribution is 0.180. The summed E-state index contributed by atoms with van der Waals surface area (Å²) in [6.07, 6.45) is 18.6. The van der Waals surface area contributed by atoms with Gasteiger partial charge in [-0.05, 0) is 39.0 Å². The van der Waals surface area contributed by atoms with Crippen LogP contribution in [0.3, 0.4) is 0 Å². The Bertz CT molecular complexity index is 161. The van der Waals surface area contributed by atoms with Gasteiger partial charge in [0.2, 0.25) is 0 Å². The van der Waals surface area contributed by atoms with Crippen LogP contribution in [0.15, 0.2) is 12.2 Å². The molecule has 102 valence electrons. The number of unbranched alkanes of at least 4 members (excludes halogenated alkanes) is 8. The van der Waals surface area contributed by atoms with Crippen LogP contribution in [0.25, 0.3) is 0 Å². The lowest BCUT2D eigenvalue weighted by Gasteiger charge is -2.03. The first-order valence-corrected chi connectivity index (χ1v) is 7.60. The molecular weight excluding hydrogens is 208 g/mol. The third-order valence-corrected chi connectivity index (χ3v) is 3.13. The smallest absolute Gasteiger partial charge is 0.0512 e. The monoisotopic (exact) mass is 240 g/mol. The fourth-order valence-electron chi connectivity index (χ4n) is 1.98. The second kappa shape index (κ2) is 13.8. The molecule has 0 radical (unpaired) electrons. The molecule has 0 aromatic heterocycles. The van der Waals surface area contributed by atoms with Gasteiger partial charge >= 0.3 is 0 Å². The Kier molecular flexibility index (Phi) is 13.5. The average molecular weight is 240 g/mol. The van der Waals surface area contributed by atoms with E-state index in [1.165, 1.54) is 64.2 Å². The van der Waals surface area contributed by atoms with Gasteiger partial charge < -0.3 is 5.11 Å². The molecule has 0 fully saturated rings. The topological polar surface area (TPSA) is 20.2 Å². The van der Waals surface area contributed by atoms with Crippen LogP contribution in [0.2, 0.25) is 0 Å². The standard InChI is InChI=1S/C16H32O/c1-3-4-5-6-7-8-9-10-11-12-13-14-15-16(2)17/h7-8,16-17H,3-6,9-15H2,1-2H3/b8-7-. The Morgan fingerprint density at radius 1 is 0.824 bits per heavy atom. The van der Waals surface area contributed by atoms with E-state index < -0.39 is 0 Å². The van der Waals surface area contributed by atoms with Crippen molar-refractivity contribution in [3.05, 3.63) is 12.2 Å². The zero-order valence-corrected chi connectivity index (χ0v) is 12.0. The van der Waals surface area contributed by atoms with E-state index in [-0.39, 0.29) is 6.10 Å². The van der Waals surface area contributed by atoms with E-state index in [2.05, 4.69) is 19.1 Å². The molecule has 1 N–H and O–H groups in total. The molecule has 0 spiro atoms. The number of aliphatic hydroxyl groups excluding tert-OH is 1. The van der Waals surface area contributed by atoms with Gasteiger partial charge in [-0.3, -0.25) is 0 Å². The van der Waals surface area contributed by atoms with Crippen LogP contribution >= 0.6 is 0 Å². The maximum atomic E-state index is 9.10. The fourth-order valence-corrected chi connectivity index (χ4v) is 1.98. The summed E-state index contributed by atoms with van der Waals surface area (Å²) in [6, 6.07) is 0. The summed E-state index contributed by atoms with van der Waals surface area (Å²) in [5, 5.41) is 9.10. The highest BCUT2D eigenvalue weighted by Gasteiger charge is 1.95. The molecule has 1 unspecified atom stereocenters. The summed E-state index contributed by atoms with van der Waals surface area (Å²) >= 11 is 0. The quantitative estimate of drug-likeness (QED) is 0.365. The maximum absolute atomic E-state index is 9.10. The molecule has 1 heteroatoms. The van der Waals surface area contributed by atoms with Gasteiger partial charge in [-0.2, -0.15) is 0 Å². The van der Waals surface area contributed by atoms with Gasteiger partial charge in [0, 0.05) is 0 Å². The largest absolute Gasteiger partial charge is 0.393 e. The van der Waals surface area contributed by atoms with E-state index >= 15 is 0 Å². The lowest BCUT2D eigenvalue weighted by Crippen LogP contribution is -1.98. The van der Waals surface area contributed by atoms with Crippen molar-refractivity contribution in [2.45, 2.75) is 90.6 Å². The molecule has 17 heavy (non-hydrogen) atoms. The van der Waals surface area contributed by atoms with Crippen LogP contribution in [-0.4, -0.2) is 11.2 Å². The van der Waals surface area contributed by atoms with Gasteiger partial charge in [0.25, 0.3) is 0 Å². The van der Waals surface area contributed by atoms with Crippen molar-refractivity contribution in [3.63, 3.8) is 0 Å². The van der Waals surface area contributed by atoms with Crippen LogP contribution in [-0.2, 0) is 0 Å². The van der Waals surface area contributed by atoms with Gasteiger partial charge in [-0.1, -0.05) is 57.6 Å². The molecule has 0 aliphatic heterocycles. The van der Waals surface area contributed by atoms with Crippen molar-refractivity contribution >= 4 is 0 Å². The Morgan fingerprint density at radius 3 is 1.94 bits per heavy atom. The second-order valence-corrected chi connectivity index (χ2v) is 5.16. The minimum absolute atomic E-state index is 0.110.